The first-order chi connectivity index (χ1) is 10.5. The van der Waals surface area contributed by atoms with Gasteiger partial charge in [-0.3, -0.25) is 4.79 Å². The van der Waals surface area contributed by atoms with Gasteiger partial charge in [-0.05, 0) is 17.7 Å². The molecular weight excluding hydrogens is 308 g/mol. The second-order valence-corrected chi connectivity index (χ2v) is 4.90. The van der Waals surface area contributed by atoms with E-state index in [2.05, 4.69) is 10.6 Å². The Morgan fingerprint density at radius 2 is 2.00 bits per heavy atom. The molecule has 2 amide bonds. The lowest BCUT2D eigenvalue weighted by Crippen LogP contribution is -2.37. The Bertz CT molecular complexity index is 534. The van der Waals surface area contributed by atoms with Crippen molar-refractivity contribution >= 4 is 23.6 Å². The number of methoxy groups -OCH3 is 1. The highest BCUT2D eigenvalue weighted by atomic mass is 35.5. The van der Waals surface area contributed by atoms with Crippen LogP contribution in [-0.4, -0.2) is 43.4 Å². The molecular formula is C15H19ClN2O4. The van der Waals surface area contributed by atoms with Gasteiger partial charge in [-0.25, -0.2) is 4.79 Å². The molecule has 1 aromatic rings. The van der Waals surface area contributed by atoms with Crippen LogP contribution in [0.15, 0.2) is 36.4 Å². The summed E-state index contributed by atoms with van der Waals surface area (Å²) in [4.78, 5) is 22.2. The second-order valence-electron chi connectivity index (χ2n) is 4.46. The van der Waals surface area contributed by atoms with Gasteiger partial charge in [-0.1, -0.05) is 35.9 Å². The fraction of sp³-hybridized carbons (Fsp3) is 0.333. The maximum Gasteiger partial charge on any atom is 0.404 e. The number of nitrogens with one attached hydrogen (secondary N) is 2. The molecule has 0 unspecified atom stereocenters. The van der Waals surface area contributed by atoms with Gasteiger partial charge in [0, 0.05) is 31.6 Å². The molecule has 0 aromatic heterocycles. The van der Waals surface area contributed by atoms with Gasteiger partial charge < -0.3 is 20.5 Å². The van der Waals surface area contributed by atoms with E-state index in [4.69, 9.17) is 21.4 Å². The van der Waals surface area contributed by atoms with Crippen LogP contribution < -0.4 is 10.6 Å². The van der Waals surface area contributed by atoms with Crippen LogP contribution in [0, 0.1) is 0 Å². The molecule has 1 atom stereocenters. The van der Waals surface area contributed by atoms with Crippen molar-refractivity contribution in [3.63, 3.8) is 0 Å². The Labute approximate surface area is 134 Å². The number of benzene rings is 1. The van der Waals surface area contributed by atoms with Crippen molar-refractivity contribution in [1.29, 1.82) is 0 Å². The number of rotatable bonds is 8. The molecule has 0 aliphatic heterocycles. The zero-order valence-electron chi connectivity index (χ0n) is 12.2. The van der Waals surface area contributed by atoms with Crippen LogP contribution in [0.2, 0.25) is 5.02 Å². The summed E-state index contributed by atoms with van der Waals surface area (Å²) < 4.78 is 5.20. The van der Waals surface area contributed by atoms with Crippen LogP contribution in [0.4, 0.5) is 4.79 Å². The van der Waals surface area contributed by atoms with E-state index < -0.39 is 12.2 Å². The number of amides is 2. The Kier molecular flexibility index (Phi) is 8.03. The fourth-order valence-electron chi connectivity index (χ4n) is 1.75. The number of hydrogen-bond donors (Lipinski definition) is 3. The molecule has 6 nitrogen and oxygen atoms in total. The third-order valence-corrected chi connectivity index (χ3v) is 3.05. The van der Waals surface area contributed by atoms with Crippen LogP contribution in [0.5, 0.6) is 0 Å². The third-order valence-electron chi connectivity index (χ3n) is 2.82. The maximum absolute atomic E-state index is 12.0. The van der Waals surface area contributed by atoms with Gasteiger partial charge in [-0.2, -0.15) is 0 Å². The van der Waals surface area contributed by atoms with Gasteiger partial charge in [0.05, 0.1) is 0 Å². The van der Waals surface area contributed by atoms with Crippen LogP contribution in [0.3, 0.4) is 0 Å². The Morgan fingerprint density at radius 1 is 1.32 bits per heavy atom. The van der Waals surface area contributed by atoms with Crippen molar-refractivity contribution in [1.82, 2.24) is 10.6 Å². The molecule has 0 heterocycles. The van der Waals surface area contributed by atoms with Crippen LogP contribution in [-0.2, 0) is 16.0 Å². The van der Waals surface area contributed by atoms with E-state index in [0.717, 1.165) is 5.56 Å². The monoisotopic (exact) mass is 326 g/mol. The van der Waals surface area contributed by atoms with Crippen LogP contribution in [0.25, 0.3) is 0 Å². The predicted molar refractivity (Wildman–Crippen MR) is 84.1 cm³/mol. The SMILES string of the molecule is CO[C@@H](Cc1cccc(Cl)c1)C(=O)NC/C=C/CNC(=O)O. The Morgan fingerprint density at radius 3 is 2.59 bits per heavy atom. The van der Waals surface area contributed by atoms with Crippen molar-refractivity contribution in [2.24, 2.45) is 0 Å². The summed E-state index contributed by atoms with van der Waals surface area (Å²) in [5, 5.41) is 13.9. The van der Waals surface area contributed by atoms with Crippen molar-refractivity contribution in [2.45, 2.75) is 12.5 Å². The number of carbonyl (C=O) groups is 2. The molecule has 0 aliphatic carbocycles. The van der Waals surface area contributed by atoms with E-state index in [0.29, 0.717) is 18.0 Å². The number of hydrogen-bond acceptors (Lipinski definition) is 3. The molecule has 1 aromatic carbocycles. The predicted octanol–water partition coefficient (Wildman–Crippen LogP) is 1.84. The van der Waals surface area contributed by atoms with E-state index in [-0.39, 0.29) is 12.5 Å². The summed E-state index contributed by atoms with van der Waals surface area (Å²) in [7, 11) is 1.47. The Hall–Kier alpha value is -2.05. The molecule has 0 aliphatic rings. The molecule has 0 spiro atoms. The molecule has 0 bridgehead atoms. The highest BCUT2D eigenvalue weighted by Crippen LogP contribution is 2.13. The topological polar surface area (TPSA) is 87.7 Å². The van der Waals surface area contributed by atoms with Gasteiger partial charge in [0.25, 0.3) is 0 Å². The van der Waals surface area contributed by atoms with E-state index in [1.165, 1.54) is 7.11 Å². The minimum absolute atomic E-state index is 0.196. The van der Waals surface area contributed by atoms with Crippen molar-refractivity contribution in [3.8, 4) is 0 Å². The largest absolute Gasteiger partial charge is 0.465 e. The van der Waals surface area contributed by atoms with E-state index in [1.54, 1.807) is 24.3 Å². The van der Waals surface area contributed by atoms with Crippen LogP contribution in [0.1, 0.15) is 5.56 Å². The average Bonchev–Trinajstić information content (AvgIpc) is 2.47. The molecule has 22 heavy (non-hydrogen) atoms. The summed E-state index contributed by atoms with van der Waals surface area (Å²) in [5.41, 5.74) is 0.913. The summed E-state index contributed by atoms with van der Waals surface area (Å²) in [6.07, 6.45) is 2.01. The lowest BCUT2D eigenvalue weighted by atomic mass is 10.1. The molecule has 1 rings (SSSR count). The molecule has 7 heteroatoms. The number of ether oxygens (including phenoxy) is 1. The first-order valence-electron chi connectivity index (χ1n) is 6.69. The van der Waals surface area contributed by atoms with Gasteiger partial charge >= 0.3 is 6.09 Å². The number of halogens is 1. The zero-order chi connectivity index (χ0) is 16.4. The maximum atomic E-state index is 12.0. The summed E-state index contributed by atoms with van der Waals surface area (Å²) in [6.45, 7) is 0.497. The second kappa shape index (κ2) is 9.81. The van der Waals surface area contributed by atoms with E-state index in [1.807, 2.05) is 12.1 Å². The molecule has 0 radical (unpaired) electrons. The molecule has 0 saturated carbocycles. The smallest absolute Gasteiger partial charge is 0.404 e. The molecule has 0 fully saturated rings. The van der Waals surface area contributed by atoms with E-state index in [9.17, 15) is 9.59 Å². The lowest BCUT2D eigenvalue weighted by molar-refractivity contribution is -0.130. The standard InChI is InChI=1S/C15H19ClN2O4/c1-22-13(10-11-5-4-6-12(16)9-11)14(19)17-7-2-3-8-18-15(20)21/h2-6,9,13,18H,7-8,10H2,1H3,(H,17,19)(H,20,21)/b3-2+/t13-/m0/s1. The first-order valence-corrected chi connectivity index (χ1v) is 7.07. The summed E-state index contributed by atoms with van der Waals surface area (Å²) in [6, 6.07) is 7.25. The summed E-state index contributed by atoms with van der Waals surface area (Å²) >= 11 is 5.91. The van der Waals surface area contributed by atoms with Gasteiger partial charge in [-0.15, -0.1) is 0 Å². The van der Waals surface area contributed by atoms with Gasteiger partial charge in [0.1, 0.15) is 6.10 Å². The minimum Gasteiger partial charge on any atom is -0.465 e. The fourth-order valence-corrected chi connectivity index (χ4v) is 1.96. The van der Waals surface area contributed by atoms with E-state index >= 15 is 0 Å². The highest BCUT2D eigenvalue weighted by molar-refractivity contribution is 6.30. The first kappa shape index (κ1) is 18.0. The quantitative estimate of drug-likeness (QED) is 0.636. The highest BCUT2D eigenvalue weighted by Gasteiger charge is 2.17. The number of carbonyl (C=O) groups excluding carboxylic acids is 1. The minimum atomic E-state index is -1.09. The van der Waals surface area contributed by atoms with Crippen molar-refractivity contribution in [2.75, 3.05) is 20.2 Å². The van der Waals surface area contributed by atoms with Gasteiger partial charge in [0.15, 0.2) is 0 Å². The zero-order valence-corrected chi connectivity index (χ0v) is 13.0. The normalized spacial score (nSPS) is 12.1. The third kappa shape index (κ3) is 7.10. The van der Waals surface area contributed by atoms with Crippen LogP contribution >= 0.6 is 11.6 Å². The van der Waals surface area contributed by atoms with Crippen molar-refractivity contribution in [3.05, 3.63) is 47.0 Å². The van der Waals surface area contributed by atoms with Gasteiger partial charge in [0.2, 0.25) is 5.91 Å². The Balaban J connectivity index is 2.39. The summed E-state index contributed by atoms with van der Waals surface area (Å²) in [5.74, 6) is -0.238. The molecule has 0 saturated heterocycles. The average molecular weight is 327 g/mol. The molecule has 120 valence electrons. The number of carboxylic acid groups (broad SMARTS) is 1. The lowest BCUT2D eigenvalue weighted by Gasteiger charge is -2.14. The molecule has 3 N–H and O–H groups in total. The van der Waals surface area contributed by atoms with Crippen molar-refractivity contribution < 1.29 is 19.4 Å².